The number of carbonyl (C=O) groups excluding carboxylic acids is 2. The van der Waals surface area contributed by atoms with Crippen LogP contribution >= 0.6 is 0 Å². The predicted molar refractivity (Wildman–Crippen MR) is 109 cm³/mol. The van der Waals surface area contributed by atoms with Crippen molar-refractivity contribution in [1.82, 2.24) is 19.8 Å². The minimum Gasteiger partial charge on any atom is -0.348 e. The number of rotatable bonds is 5. The first kappa shape index (κ1) is 20.6. The number of anilines is 1. The summed E-state index contributed by atoms with van der Waals surface area (Å²) in [6, 6.07) is 1.80. The molecule has 2 fully saturated rings. The van der Waals surface area contributed by atoms with Crippen LogP contribution in [-0.4, -0.2) is 71.9 Å². The van der Waals surface area contributed by atoms with Crippen molar-refractivity contribution in [3.63, 3.8) is 0 Å². The highest BCUT2D eigenvalue weighted by atomic mass is 16.2. The number of hydrogen-bond acceptors (Lipinski definition) is 5. The third-order valence-corrected chi connectivity index (χ3v) is 6.50. The number of amides is 2. The first-order valence-corrected chi connectivity index (χ1v) is 10.5. The molecule has 2 aliphatic rings. The summed E-state index contributed by atoms with van der Waals surface area (Å²) < 4.78 is 0. The zero-order valence-electron chi connectivity index (χ0n) is 17.6. The highest BCUT2D eigenvalue weighted by molar-refractivity contribution is 5.85. The maximum atomic E-state index is 13.3. The quantitative estimate of drug-likeness (QED) is 0.773. The van der Waals surface area contributed by atoms with Gasteiger partial charge >= 0.3 is 0 Å². The van der Waals surface area contributed by atoms with E-state index >= 15 is 0 Å². The molecule has 2 aliphatic heterocycles. The molecule has 154 valence electrons. The molecule has 0 saturated carbocycles. The van der Waals surface area contributed by atoms with Crippen LogP contribution < -0.4 is 4.90 Å². The molecule has 7 heteroatoms. The second-order valence-corrected chi connectivity index (χ2v) is 8.38. The van der Waals surface area contributed by atoms with E-state index in [2.05, 4.69) is 28.7 Å². The number of aromatic nitrogens is 2. The first-order valence-electron chi connectivity index (χ1n) is 10.5. The van der Waals surface area contributed by atoms with E-state index < -0.39 is 5.41 Å². The van der Waals surface area contributed by atoms with E-state index in [9.17, 15) is 9.59 Å². The van der Waals surface area contributed by atoms with Crippen molar-refractivity contribution in [1.29, 1.82) is 0 Å². The first-order chi connectivity index (χ1) is 13.4. The molecule has 0 radical (unpaired) electrons. The highest BCUT2D eigenvalue weighted by Crippen LogP contribution is 2.44. The Balaban J connectivity index is 1.90. The SMILES string of the molecule is CCC(CC)C(=O)N1CCC[C@@]2(C(=O)N(C)C)CN(c3ncccn3)C[C@H]2C1. The zero-order chi connectivity index (χ0) is 20.3. The molecule has 0 bridgehead atoms. The van der Waals surface area contributed by atoms with E-state index in [0.29, 0.717) is 25.6 Å². The van der Waals surface area contributed by atoms with E-state index in [1.807, 2.05) is 19.0 Å². The van der Waals surface area contributed by atoms with Gasteiger partial charge in [-0.2, -0.15) is 0 Å². The van der Waals surface area contributed by atoms with Crippen molar-refractivity contribution < 1.29 is 9.59 Å². The maximum absolute atomic E-state index is 13.3. The van der Waals surface area contributed by atoms with Crippen molar-refractivity contribution in [2.75, 3.05) is 45.2 Å². The Hall–Kier alpha value is -2.18. The van der Waals surface area contributed by atoms with Crippen molar-refractivity contribution in [3.8, 4) is 0 Å². The van der Waals surface area contributed by atoms with Crippen LogP contribution in [0.25, 0.3) is 0 Å². The average Bonchev–Trinajstić information content (AvgIpc) is 2.97. The minimum atomic E-state index is -0.480. The van der Waals surface area contributed by atoms with Gasteiger partial charge in [-0.05, 0) is 31.7 Å². The normalized spacial score (nSPS) is 24.8. The molecule has 28 heavy (non-hydrogen) atoms. The van der Waals surface area contributed by atoms with Crippen LogP contribution in [0.3, 0.4) is 0 Å². The van der Waals surface area contributed by atoms with Gasteiger partial charge in [0.2, 0.25) is 17.8 Å². The van der Waals surface area contributed by atoms with Crippen LogP contribution in [-0.2, 0) is 9.59 Å². The van der Waals surface area contributed by atoms with Gasteiger partial charge in [-0.15, -0.1) is 0 Å². The monoisotopic (exact) mass is 387 g/mol. The number of hydrogen-bond donors (Lipinski definition) is 0. The van der Waals surface area contributed by atoms with E-state index in [4.69, 9.17) is 0 Å². The smallest absolute Gasteiger partial charge is 0.230 e. The fraction of sp³-hybridized carbons (Fsp3) is 0.714. The van der Waals surface area contributed by atoms with Crippen molar-refractivity contribution in [2.45, 2.75) is 39.5 Å². The molecule has 0 N–H and O–H groups in total. The summed E-state index contributed by atoms with van der Waals surface area (Å²) in [5.41, 5.74) is -0.480. The number of nitrogens with zero attached hydrogens (tertiary/aromatic N) is 5. The molecule has 3 heterocycles. The third kappa shape index (κ3) is 3.71. The van der Waals surface area contributed by atoms with Crippen LogP contribution in [0.4, 0.5) is 5.95 Å². The van der Waals surface area contributed by atoms with Gasteiger partial charge in [-0.1, -0.05) is 13.8 Å². The molecule has 2 saturated heterocycles. The lowest BCUT2D eigenvalue weighted by molar-refractivity contribution is -0.142. The molecule has 2 amide bonds. The van der Waals surface area contributed by atoms with Crippen LogP contribution in [0.5, 0.6) is 0 Å². The van der Waals surface area contributed by atoms with Gasteiger partial charge in [-0.25, -0.2) is 9.97 Å². The lowest BCUT2D eigenvalue weighted by atomic mass is 9.74. The van der Waals surface area contributed by atoms with Gasteiger partial charge < -0.3 is 14.7 Å². The summed E-state index contributed by atoms with van der Waals surface area (Å²) in [7, 11) is 3.65. The lowest BCUT2D eigenvalue weighted by Gasteiger charge is -2.35. The molecule has 0 aromatic carbocycles. The van der Waals surface area contributed by atoms with Crippen LogP contribution in [0.2, 0.25) is 0 Å². The summed E-state index contributed by atoms with van der Waals surface area (Å²) in [6.07, 6.45) is 6.85. The van der Waals surface area contributed by atoms with Crippen molar-refractivity contribution in [3.05, 3.63) is 18.5 Å². The van der Waals surface area contributed by atoms with Gasteiger partial charge in [0, 0.05) is 64.5 Å². The Bertz CT molecular complexity index is 691. The Kier molecular flexibility index (Phi) is 6.20. The van der Waals surface area contributed by atoms with E-state index in [0.717, 1.165) is 32.2 Å². The summed E-state index contributed by atoms with van der Waals surface area (Å²) >= 11 is 0. The number of fused-ring (bicyclic) bond motifs is 1. The molecule has 3 rings (SSSR count). The third-order valence-electron chi connectivity index (χ3n) is 6.50. The van der Waals surface area contributed by atoms with E-state index in [1.54, 1.807) is 23.4 Å². The minimum absolute atomic E-state index is 0.0759. The Morgan fingerprint density at radius 3 is 2.50 bits per heavy atom. The Morgan fingerprint density at radius 2 is 1.89 bits per heavy atom. The maximum Gasteiger partial charge on any atom is 0.230 e. The van der Waals surface area contributed by atoms with Crippen molar-refractivity contribution >= 4 is 17.8 Å². The number of likely N-dealkylation sites (tertiary alicyclic amines) is 1. The molecule has 2 atom stereocenters. The zero-order valence-corrected chi connectivity index (χ0v) is 17.6. The molecule has 7 nitrogen and oxygen atoms in total. The molecule has 0 spiro atoms. The standard InChI is InChI=1S/C21H33N5O2/c1-5-16(6-2)18(27)25-12-7-9-21(19(28)24(3)4)15-26(14-17(21)13-25)20-22-10-8-11-23-20/h8,10-11,16-17H,5-7,9,12-15H2,1-4H3/t17-,21-/m1/s1. The molecular weight excluding hydrogens is 354 g/mol. The predicted octanol–water partition coefficient (Wildman–Crippen LogP) is 2.05. The summed E-state index contributed by atoms with van der Waals surface area (Å²) in [5, 5.41) is 0. The van der Waals surface area contributed by atoms with Gasteiger partial charge in [-0.3, -0.25) is 9.59 Å². The molecule has 0 unspecified atom stereocenters. The fourth-order valence-corrected chi connectivity index (χ4v) is 4.93. The van der Waals surface area contributed by atoms with Crippen LogP contribution in [0.15, 0.2) is 18.5 Å². The summed E-state index contributed by atoms with van der Waals surface area (Å²) in [5.74, 6) is 1.23. The molecule has 0 aliphatic carbocycles. The fourth-order valence-electron chi connectivity index (χ4n) is 4.93. The summed E-state index contributed by atoms with van der Waals surface area (Å²) in [4.78, 5) is 41.0. The average molecular weight is 388 g/mol. The van der Waals surface area contributed by atoms with E-state index in [1.165, 1.54) is 0 Å². The molecule has 1 aromatic rings. The Labute approximate surface area is 168 Å². The second-order valence-electron chi connectivity index (χ2n) is 8.38. The summed E-state index contributed by atoms with van der Waals surface area (Å²) in [6.45, 7) is 6.86. The van der Waals surface area contributed by atoms with Crippen LogP contribution in [0, 0.1) is 17.3 Å². The molecular formula is C21H33N5O2. The molecule has 1 aromatic heterocycles. The van der Waals surface area contributed by atoms with Crippen molar-refractivity contribution in [2.24, 2.45) is 17.3 Å². The van der Waals surface area contributed by atoms with Gasteiger partial charge in [0.15, 0.2) is 0 Å². The van der Waals surface area contributed by atoms with Crippen LogP contribution in [0.1, 0.15) is 39.5 Å². The highest BCUT2D eigenvalue weighted by Gasteiger charge is 2.54. The Morgan fingerprint density at radius 1 is 1.21 bits per heavy atom. The largest absolute Gasteiger partial charge is 0.348 e. The van der Waals surface area contributed by atoms with E-state index in [-0.39, 0.29) is 23.7 Å². The van der Waals surface area contributed by atoms with Gasteiger partial charge in [0.05, 0.1) is 5.41 Å². The second kappa shape index (κ2) is 8.45. The lowest BCUT2D eigenvalue weighted by Crippen LogP contribution is -2.48. The van der Waals surface area contributed by atoms with Gasteiger partial charge in [0.1, 0.15) is 0 Å². The topological polar surface area (TPSA) is 69.6 Å². The van der Waals surface area contributed by atoms with Gasteiger partial charge in [0.25, 0.3) is 0 Å². The number of carbonyl (C=O) groups is 2.